The van der Waals surface area contributed by atoms with Crippen molar-refractivity contribution < 1.29 is 9.18 Å². The van der Waals surface area contributed by atoms with Gasteiger partial charge < -0.3 is 4.90 Å². The summed E-state index contributed by atoms with van der Waals surface area (Å²) in [6, 6.07) is 8.29. The van der Waals surface area contributed by atoms with Crippen LogP contribution >= 0.6 is 0 Å². The molecule has 1 fully saturated rings. The molecule has 0 saturated heterocycles. The minimum atomic E-state index is -0.273. The molecule has 0 unspecified atom stereocenters. The highest BCUT2D eigenvalue weighted by atomic mass is 19.1. The molecule has 0 atom stereocenters. The first-order valence-corrected chi connectivity index (χ1v) is 7.78. The van der Waals surface area contributed by atoms with E-state index in [0.29, 0.717) is 25.4 Å². The Morgan fingerprint density at radius 3 is 2.73 bits per heavy atom. The summed E-state index contributed by atoms with van der Waals surface area (Å²) in [5, 5.41) is 4.64. The molecule has 4 nitrogen and oxygen atoms in total. The van der Waals surface area contributed by atoms with Gasteiger partial charge >= 0.3 is 0 Å². The number of fused-ring (bicyclic) bond motifs is 1. The van der Waals surface area contributed by atoms with Gasteiger partial charge in [-0.2, -0.15) is 5.10 Å². The molecule has 2 aliphatic rings. The smallest absolute Gasteiger partial charge is 0.227 e. The van der Waals surface area contributed by atoms with Crippen LogP contribution in [0.15, 0.2) is 30.3 Å². The molecule has 0 spiro atoms. The van der Waals surface area contributed by atoms with Crippen LogP contribution in [-0.4, -0.2) is 27.1 Å². The number of amides is 1. The second-order valence-electron chi connectivity index (χ2n) is 6.18. The van der Waals surface area contributed by atoms with Crippen molar-refractivity contribution in [3.63, 3.8) is 0 Å². The molecule has 1 amide bonds. The summed E-state index contributed by atoms with van der Waals surface area (Å²) in [5.41, 5.74) is 3.16. The van der Waals surface area contributed by atoms with Crippen LogP contribution in [0, 0.1) is 5.82 Å². The van der Waals surface area contributed by atoms with E-state index in [9.17, 15) is 9.18 Å². The van der Waals surface area contributed by atoms with Gasteiger partial charge in [0.15, 0.2) is 0 Å². The fourth-order valence-corrected chi connectivity index (χ4v) is 2.97. The number of halogens is 1. The predicted octanol–water partition coefficient (Wildman–Crippen LogP) is 2.48. The van der Waals surface area contributed by atoms with Crippen molar-refractivity contribution in [3.8, 4) is 0 Å². The van der Waals surface area contributed by atoms with Gasteiger partial charge in [0.1, 0.15) is 5.82 Å². The molecule has 1 aliphatic carbocycles. The highest BCUT2D eigenvalue weighted by molar-refractivity contribution is 5.78. The zero-order valence-corrected chi connectivity index (χ0v) is 12.3. The fraction of sp³-hybridized carbons (Fsp3) is 0.412. The van der Waals surface area contributed by atoms with E-state index in [-0.39, 0.29) is 11.7 Å². The Morgan fingerprint density at radius 2 is 2.00 bits per heavy atom. The van der Waals surface area contributed by atoms with Gasteiger partial charge in [-0.15, -0.1) is 0 Å². The molecule has 0 radical (unpaired) electrons. The summed E-state index contributed by atoms with van der Waals surface area (Å²) in [5.74, 6) is 0.458. The number of hydrogen-bond acceptors (Lipinski definition) is 2. The van der Waals surface area contributed by atoms with Crippen LogP contribution in [0.25, 0.3) is 0 Å². The van der Waals surface area contributed by atoms with Gasteiger partial charge in [0.05, 0.1) is 30.9 Å². The van der Waals surface area contributed by atoms with E-state index in [1.807, 2.05) is 9.58 Å². The summed E-state index contributed by atoms with van der Waals surface area (Å²) >= 11 is 0. The lowest BCUT2D eigenvalue weighted by Crippen LogP contribution is -2.39. The molecular formula is C17H18FN3O. The van der Waals surface area contributed by atoms with Gasteiger partial charge in [-0.3, -0.25) is 9.48 Å². The first-order valence-electron chi connectivity index (χ1n) is 7.78. The summed E-state index contributed by atoms with van der Waals surface area (Å²) < 4.78 is 14.9. The first-order chi connectivity index (χ1) is 10.7. The normalized spacial score (nSPS) is 17.4. The highest BCUT2D eigenvalue weighted by Gasteiger charge is 2.29. The van der Waals surface area contributed by atoms with Crippen molar-refractivity contribution in [2.75, 3.05) is 6.54 Å². The van der Waals surface area contributed by atoms with Crippen LogP contribution in [0.1, 0.15) is 35.7 Å². The van der Waals surface area contributed by atoms with Gasteiger partial charge in [-0.1, -0.05) is 12.1 Å². The number of carbonyl (C=O) groups is 1. The van der Waals surface area contributed by atoms with Crippen molar-refractivity contribution in [1.82, 2.24) is 14.7 Å². The van der Waals surface area contributed by atoms with Gasteiger partial charge in [0, 0.05) is 12.5 Å². The van der Waals surface area contributed by atoms with Crippen LogP contribution < -0.4 is 0 Å². The number of hydrogen-bond donors (Lipinski definition) is 0. The number of nitrogens with zero attached hydrogens (tertiary/aromatic N) is 3. The molecule has 4 rings (SSSR count). The third-order valence-corrected chi connectivity index (χ3v) is 4.43. The Labute approximate surface area is 128 Å². The van der Waals surface area contributed by atoms with Crippen LogP contribution in [0.2, 0.25) is 0 Å². The molecule has 22 heavy (non-hydrogen) atoms. The zero-order chi connectivity index (χ0) is 15.1. The Morgan fingerprint density at radius 1 is 1.23 bits per heavy atom. The average Bonchev–Trinajstić information content (AvgIpc) is 3.28. The van der Waals surface area contributed by atoms with E-state index in [1.165, 1.54) is 30.7 Å². The van der Waals surface area contributed by atoms with Crippen LogP contribution in [0.3, 0.4) is 0 Å². The van der Waals surface area contributed by atoms with Gasteiger partial charge in [0.2, 0.25) is 5.91 Å². The Kier molecular flexibility index (Phi) is 3.21. The van der Waals surface area contributed by atoms with Crippen LogP contribution in [0.4, 0.5) is 4.39 Å². The van der Waals surface area contributed by atoms with E-state index in [1.54, 1.807) is 12.1 Å². The molecule has 0 N–H and O–H groups in total. The summed E-state index contributed by atoms with van der Waals surface area (Å²) in [6.07, 6.45) is 2.80. The molecule has 1 saturated carbocycles. The van der Waals surface area contributed by atoms with Crippen LogP contribution in [0.5, 0.6) is 0 Å². The summed E-state index contributed by atoms with van der Waals surface area (Å²) in [4.78, 5) is 14.3. The van der Waals surface area contributed by atoms with Crippen molar-refractivity contribution in [2.45, 2.75) is 38.3 Å². The SMILES string of the molecule is O=C(Cc1ccc(F)cc1)N1CCn2nc(C3CC3)cc2C1. The molecular weight excluding hydrogens is 281 g/mol. The maximum atomic E-state index is 12.9. The fourth-order valence-electron chi connectivity index (χ4n) is 2.97. The maximum absolute atomic E-state index is 12.9. The topological polar surface area (TPSA) is 38.1 Å². The first kappa shape index (κ1) is 13.5. The third-order valence-electron chi connectivity index (χ3n) is 4.43. The second kappa shape index (κ2) is 5.23. The van der Waals surface area contributed by atoms with Gasteiger partial charge in [-0.25, -0.2) is 4.39 Å². The Hall–Kier alpha value is -2.17. The number of aromatic nitrogens is 2. The summed E-state index contributed by atoms with van der Waals surface area (Å²) in [7, 11) is 0. The molecule has 2 aromatic rings. The highest BCUT2D eigenvalue weighted by Crippen LogP contribution is 2.39. The Balaban J connectivity index is 1.44. The van der Waals surface area contributed by atoms with E-state index in [2.05, 4.69) is 11.2 Å². The molecule has 114 valence electrons. The number of benzene rings is 1. The van der Waals surface area contributed by atoms with Crippen molar-refractivity contribution >= 4 is 5.91 Å². The summed E-state index contributed by atoms with van der Waals surface area (Å²) in [6.45, 7) is 2.08. The van der Waals surface area contributed by atoms with Crippen LogP contribution in [-0.2, 0) is 24.3 Å². The van der Waals surface area contributed by atoms with Crippen molar-refractivity contribution in [1.29, 1.82) is 0 Å². The monoisotopic (exact) mass is 299 g/mol. The van der Waals surface area contributed by atoms with Crippen molar-refractivity contribution in [2.24, 2.45) is 0 Å². The predicted molar refractivity (Wildman–Crippen MR) is 79.7 cm³/mol. The standard InChI is InChI=1S/C17H18FN3O/c18-14-5-1-12(2-6-14)9-17(22)20-7-8-21-15(11-20)10-16(19-21)13-3-4-13/h1-2,5-6,10,13H,3-4,7-9,11H2. The lowest BCUT2D eigenvalue weighted by molar-refractivity contribution is -0.132. The zero-order valence-electron chi connectivity index (χ0n) is 12.3. The third kappa shape index (κ3) is 2.63. The quantitative estimate of drug-likeness (QED) is 0.873. The minimum absolute atomic E-state index is 0.0898. The largest absolute Gasteiger partial charge is 0.335 e. The molecule has 2 heterocycles. The molecule has 1 aromatic heterocycles. The number of rotatable bonds is 3. The van der Waals surface area contributed by atoms with E-state index >= 15 is 0 Å². The molecule has 5 heteroatoms. The van der Waals surface area contributed by atoms with E-state index in [4.69, 9.17) is 0 Å². The molecule has 0 bridgehead atoms. The second-order valence-corrected chi connectivity index (χ2v) is 6.18. The molecule has 1 aliphatic heterocycles. The van der Waals surface area contributed by atoms with E-state index in [0.717, 1.165) is 17.8 Å². The van der Waals surface area contributed by atoms with Crippen molar-refractivity contribution in [3.05, 3.63) is 53.1 Å². The van der Waals surface area contributed by atoms with E-state index < -0.39 is 0 Å². The lowest BCUT2D eigenvalue weighted by atomic mass is 10.1. The van der Waals surface area contributed by atoms with Gasteiger partial charge in [0.25, 0.3) is 0 Å². The minimum Gasteiger partial charge on any atom is -0.335 e. The Bertz CT molecular complexity index is 703. The number of carbonyl (C=O) groups excluding carboxylic acids is 1. The average molecular weight is 299 g/mol. The maximum Gasteiger partial charge on any atom is 0.227 e. The van der Waals surface area contributed by atoms with Gasteiger partial charge in [-0.05, 0) is 36.6 Å². The molecule has 1 aromatic carbocycles. The lowest BCUT2D eigenvalue weighted by Gasteiger charge is -2.27.